The van der Waals surface area contributed by atoms with Gasteiger partial charge in [-0.05, 0) is 93.7 Å². The Bertz CT molecular complexity index is 521. The van der Waals surface area contributed by atoms with Crippen molar-refractivity contribution < 1.29 is 19.0 Å². The third-order valence-electron chi connectivity index (χ3n) is 9.39. The van der Waals surface area contributed by atoms with E-state index in [0.29, 0.717) is 36.6 Å². The molecule has 0 aromatic carbocycles. The second-order valence-electron chi connectivity index (χ2n) is 11.5. The highest BCUT2D eigenvalue weighted by atomic mass is 28.4. The van der Waals surface area contributed by atoms with Crippen LogP contribution in [0.5, 0.6) is 0 Å². The summed E-state index contributed by atoms with van der Waals surface area (Å²) >= 11 is 0. The molecule has 6 fully saturated rings. The van der Waals surface area contributed by atoms with Crippen LogP contribution in [0.25, 0.3) is 0 Å². The molecule has 9 unspecified atom stereocenters. The zero-order valence-corrected chi connectivity index (χ0v) is 19.0. The van der Waals surface area contributed by atoms with E-state index in [1.807, 2.05) is 0 Å². The molecule has 0 spiro atoms. The third kappa shape index (κ3) is 4.79. The first-order valence-corrected chi connectivity index (χ1v) is 15.4. The summed E-state index contributed by atoms with van der Waals surface area (Å²) in [5.74, 6) is 2.43. The zero-order chi connectivity index (χ0) is 19.4. The Morgan fingerprint density at radius 2 is 0.862 bits per heavy atom. The van der Waals surface area contributed by atoms with Gasteiger partial charge in [0.05, 0.1) is 36.6 Å². The number of ether oxygens (including phenoxy) is 3. The van der Waals surface area contributed by atoms with Crippen LogP contribution in [-0.4, -0.2) is 49.7 Å². The molecular weight excluding hydrogens is 380 g/mol. The maximum Gasteiger partial charge on any atom is 0.188 e. The fourth-order valence-electron chi connectivity index (χ4n) is 7.04. The van der Waals surface area contributed by atoms with Crippen molar-refractivity contribution in [2.75, 3.05) is 0 Å². The molecule has 9 atom stereocenters. The summed E-state index contributed by atoms with van der Waals surface area (Å²) in [6.45, 7) is 0. The highest BCUT2D eigenvalue weighted by Crippen LogP contribution is 2.45. The second-order valence-corrected chi connectivity index (χ2v) is 15.5. The molecule has 5 heteroatoms. The fraction of sp³-hybridized carbons (Fsp3) is 1.00. The molecule has 29 heavy (non-hydrogen) atoms. The van der Waals surface area contributed by atoms with Crippen LogP contribution in [0.2, 0.25) is 18.1 Å². The summed E-state index contributed by atoms with van der Waals surface area (Å²) in [6, 6.07) is 3.42. The highest BCUT2D eigenvalue weighted by Gasteiger charge is 2.47. The van der Waals surface area contributed by atoms with Gasteiger partial charge in [0.15, 0.2) is 8.32 Å². The minimum absolute atomic E-state index is 0.575. The predicted molar refractivity (Wildman–Crippen MR) is 114 cm³/mol. The third-order valence-corrected chi connectivity index (χ3v) is 13.1. The molecule has 6 rings (SSSR count). The lowest BCUT2D eigenvalue weighted by molar-refractivity contribution is 0.341. The number of hydrogen-bond donors (Lipinski definition) is 1. The van der Waals surface area contributed by atoms with E-state index in [9.17, 15) is 4.80 Å². The molecule has 6 aliphatic rings. The Hall–Kier alpha value is 0.0569. The van der Waals surface area contributed by atoms with Crippen molar-refractivity contribution in [2.45, 2.75) is 132 Å². The van der Waals surface area contributed by atoms with E-state index in [1.165, 1.54) is 77.0 Å². The van der Waals surface area contributed by atoms with Crippen molar-refractivity contribution >= 4 is 8.32 Å². The average Bonchev–Trinajstić information content (AvgIpc) is 3.60. The Morgan fingerprint density at radius 1 is 0.517 bits per heavy atom. The van der Waals surface area contributed by atoms with Crippen molar-refractivity contribution in [3.05, 3.63) is 0 Å². The maximum atomic E-state index is 11.9. The minimum atomic E-state index is -2.15. The highest BCUT2D eigenvalue weighted by molar-refractivity contribution is 6.72. The van der Waals surface area contributed by atoms with Gasteiger partial charge < -0.3 is 19.0 Å². The van der Waals surface area contributed by atoms with Gasteiger partial charge >= 0.3 is 0 Å². The standard InChI is InChI=1S/C24H40O4Si/c25-29(10-7-16-1-4-19-22(13-16)26-19,11-8-17-2-5-20-23(14-17)27-20)12-9-18-3-6-21-24(15-18)28-21/h16-25H,1-15H2. The Labute approximate surface area is 177 Å². The van der Waals surface area contributed by atoms with Gasteiger partial charge in [-0.25, -0.2) is 0 Å². The van der Waals surface area contributed by atoms with Crippen LogP contribution < -0.4 is 0 Å². The SMILES string of the molecule is O[Si](CCC1CCC2OC2C1)(CCC1CCC2OC2C1)CCC1CCC2OC2C1. The summed E-state index contributed by atoms with van der Waals surface area (Å²) < 4.78 is 17.2. The van der Waals surface area contributed by atoms with Crippen molar-refractivity contribution in [1.29, 1.82) is 0 Å². The summed E-state index contributed by atoms with van der Waals surface area (Å²) in [7, 11) is -2.15. The van der Waals surface area contributed by atoms with Gasteiger partial charge in [-0.1, -0.05) is 19.3 Å². The summed E-state index contributed by atoms with van der Waals surface area (Å²) in [5, 5.41) is 0. The van der Waals surface area contributed by atoms with E-state index in [0.717, 1.165) is 35.9 Å². The average molecular weight is 421 g/mol. The molecule has 0 aromatic heterocycles. The molecule has 1 N–H and O–H groups in total. The summed E-state index contributed by atoms with van der Waals surface area (Å²) in [4.78, 5) is 11.9. The van der Waals surface area contributed by atoms with Gasteiger partial charge in [0, 0.05) is 0 Å². The van der Waals surface area contributed by atoms with E-state index in [-0.39, 0.29) is 0 Å². The lowest BCUT2D eigenvalue weighted by atomic mass is 9.87. The van der Waals surface area contributed by atoms with Gasteiger partial charge in [0.2, 0.25) is 0 Å². The van der Waals surface area contributed by atoms with Crippen LogP contribution in [0.1, 0.15) is 77.0 Å². The maximum absolute atomic E-state index is 11.9. The first kappa shape index (κ1) is 19.7. The van der Waals surface area contributed by atoms with E-state index < -0.39 is 8.32 Å². The van der Waals surface area contributed by atoms with Crippen LogP contribution in [0.4, 0.5) is 0 Å². The van der Waals surface area contributed by atoms with E-state index in [1.54, 1.807) is 0 Å². The summed E-state index contributed by atoms with van der Waals surface area (Å²) in [6.07, 6.45) is 18.9. The molecule has 3 saturated heterocycles. The number of fused-ring (bicyclic) bond motifs is 3. The zero-order valence-electron chi connectivity index (χ0n) is 18.0. The van der Waals surface area contributed by atoms with Gasteiger partial charge in [-0.3, -0.25) is 0 Å². The monoisotopic (exact) mass is 420 g/mol. The van der Waals surface area contributed by atoms with Gasteiger partial charge in [0.1, 0.15) is 0 Å². The van der Waals surface area contributed by atoms with Gasteiger partial charge in [0.25, 0.3) is 0 Å². The Balaban J connectivity index is 1.02. The van der Waals surface area contributed by atoms with E-state index in [4.69, 9.17) is 14.2 Å². The van der Waals surface area contributed by atoms with E-state index >= 15 is 0 Å². The lowest BCUT2D eigenvalue weighted by Crippen LogP contribution is -2.36. The number of epoxide rings is 3. The Morgan fingerprint density at radius 3 is 1.17 bits per heavy atom. The number of hydrogen-bond acceptors (Lipinski definition) is 4. The van der Waals surface area contributed by atoms with Crippen molar-refractivity contribution in [3.63, 3.8) is 0 Å². The largest absolute Gasteiger partial charge is 0.432 e. The minimum Gasteiger partial charge on any atom is -0.432 e. The first-order chi connectivity index (χ1) is 14.1. The van der Waals surface area contributed by atoms with Crippen LogP contribution in [0, 0.1) is 17.8 Å². The normalized spacial score (nSPS) is 49.3. The van der Waals surface area contributed by atoms with Crippen LogP contribution in [0.15, 0.2) is 0 Å². The molecule has 4 nitrogen and oxygen atoms in total. The molecule has 3 aliphatic carbocycles. The quantitative estimate of drug-likeness (QED) is 0.430. The molecular formula is C24H40O4Si. The predicted octanol–water partition coefficient (Wildman–Crippen LogP) is 4.80. The molecule has 0 radical (unpaired) electrons. The number of rotatable bonds is 9. The molecule has 164 valence electrons. The van der Waals surface area contributed by atoms with Crippen LogP contribution >= 0.6 is 0 Å². The molecule has 0 aromatic rings. The van der Waals surface area contributed by atoms with Gasteiger partial charge in [-0.15, -0.1) is 0 Å². The van der Waals surface area contributed by atoms with Crippen LogP contribution in [0.3, 0.4) is 0 Å². The van der Waals surface area contributed by atoms with E-state index in [2.05, 4.69) is 0 Å². The Kier molecular flexibility index (Phi) is 5.36. The van der Waals surface area contributed by atoms with Crippen molar-refractivity contribution in [2.24, 2.45) is 17.8 Å². The molecule has 3 heterocycles. The molecule has 0 bridgehead atoms. The fourth-order valence-corrected chi connectivity index (χ4v) is 10.6. The first-order valence-electron chi connectivity index (χ1n) is 12.8. The second kappa shape index (κ2) is 7.88. The lowest BCUT2D eigenvalue weighted by Gasteiger charge is -2.32. The molecule has 3 aliphatic heterocycles. The van der Waals surface area contributed by atoms with Crippen molar-refractivity contribution in [1.82, 2.24) is 0 Å². The van der Waals surface area contributed by atoms with Crippen LogP contribution in [-0.2, 0) is 14.2 Å². The topological polar surface area (TPSA) is 57.8 Å². The molecule has 0 amide bonds. The van der Waals surface area contributed by atoms with Crippen molar-refractivity contribution in [3.8, 4) is 0 Å². The van der Waals surface area contributed by atoms with Gasteiger partial charge in [-0.2, -0.15) is 0 Å². The molecule has 3 saturated carbocycles. The smallest absolute Gasteiger partial charge is 0.188 e. The summed E-state index contributed by atoms with van der Waals surface area (Å²) in [5.41, 5.74) is 0.